The average Bonchev–Trinajstić information content (AvgIpc) is 3.80. The van der Waals surface area contributed by atoms with E-state index in [2.05, 4.69) is 10.3 Å². The van der Waals surface area contributed by atoms with Crippen LogP contribution < -0.4 is 9.80 Å². The number of nitrogens with zero attached hydrogens (tertiary/aromatic N) is 5. The SMILES string of the molecule is C[C@H]1[C@H](C(C)(C)O)[C@@H](CCn2cc(CCO)nn2)O[C@]12C(=O)N(Cc1cccc(N3C(=O)c4cccc5cccc3c45)c1)c1ccccc12. The highest BCUT2D eigenvalue weighted by Gasteiger charge is 2.65. The summed E-state index contributed by atoms with van der Waals surface area (Å²) in [5.74, 6) is -0.926. The Morgan fingerprint density at radius 2 is 1.71 bits per heavy atom. The van der Waals surface area contributed by atoms with Gasteiger partial charge in [0.1, 0.15) is 0 Å². The monoisotopic (exact) mass is 657 g/mol. The number of hydrogen-bond donors (Lipinski definition) is 2. The minimum atomic E-state index is -1.28. The van der Waals surface area contributed by atoms with Crippen molar-refractivity contribution in [3.63, 3.8) is 0 Å². The topological polar surface area (TPSA) is 121 Å². The number of ether oxygens (including phenoxy) is 1. The predicted molar refractivity (Wildman–Crippen MR) is 185 cm³/mol. The fraction of sp³-hybridized carbons (Fsp3) is 0.333. The number of aromatic nitrogens is 3. The van der Waals surface area contributed by atoms with E-state index in [-0.39, 0.29) is 36.8 Å². The molecule has 0 saturated carbocycles. The molecule has 250 valence electrons. The fourth-order valence-corrected chi connectivity index (χ4v) is 8.54. The summed E-state index contributed by atoms with van der Waals surface area (Å²) in [5.41, 5.74) is 3.01. The maximum Gasteiger partial charge on any atom is 0.264 e. The van der Waals surface area contributed by atoms with Crippen molar-refractivity contribution in [1.82, 2.24) is 15.0 Å². The molecule has 2 amide bonds. The van der Waals surface area contributed by atoms with Gasteiger partial charge in [-0.25, -0.2) is 0 Å². The lowest BCUT2D eigenvalue weighted by Crippen LogP contribution is -2.46. The van der Waals surface area contributed by atoms with Crippen LogP contribution in [0.2, 0.25) is 0 Å². The summed E-state index contributed by atoms with van der Waals surface area (Å²) >= 11 is 0. The Morgan fingerprint density at radius 3 is 2.51 bits per heavy atom. The van der Waals surface area contributed by atoms with E-state index in [1.165, 1.54) is 0 Å². The van der Waals surface area contributed by atoms with Gasteiger partial charge in [0.05, 0.1) is 40.9 Å². The van der Waals surface area contributed by atoms with Crippen LogP contribution in [-0.2, 0) is 34.6 Å². The van der Waals surface area contributed by atoms with Crippen molar-refractivity contribution >= 4 is 39.6 Å². The molecule has 2 N–H and O–H groups in total. The van der Waals surface area contributed by atoms with Gasteiger partial charge in [0.15, 0.2) is 5.60 Å². The van der Waals surface area contributed by atoms with Crippen molar-refractivity contribution in [2.24, 2.45) is 11.8 Å². The van der Waals surface area contributed by atoms with Crippen molar-refractivity contribution in [2.45, 2.75) is 64.0 Å². The van der Waals surface area contributed by atoms with Crippen LogP contribution in [0.5, 0.6) is 0 Å². The number of aliphatic hydroxyl groups excluding tert-OH is 1. The number of rotatable bonds is 9. The summed E-state index contributed by atoms with van der Waals surface area (Å²) in [4.78, 5) is 32.1. The first-order valence-electron chi connectivity index (χ1n) is 16.9. The smallest absolute Gasteiger partial charge is 0.264 e. The second-order valence-electron chi connectivity index (χ2n) is 14.0. The highest BCUT2D eigenvalue weighted by atomic mass is 16.5. The minimum Gasteiger partial charge on any atom is -0.396 e. The van der Waals surface area contributed by atoms with Gasteiger partial charge >= 0.3 is 0 Å². The Labute approximate surface area is 284 Å². The Hall–Kier alpha value is -4.90. The largest absolute Gasteiger partial charge is 0.396 e. The molecule has 0 aliphatic carbocycles. The molecular weight excluding hydrogens is 618 g/mol. The lowest BCUT2D eigenvalue weighted by atomic mass is 9.71. The van der Waals surface area contributed by atoms with Gasteiger partial charge in [-0.05, 0) is 61.5 Å². The average molecular weight is 658 g/mol. The van der Waals surface area contributed by atoms with E-state index in [9.17, 15) is 19.8 Å². The van der Waals surface area contributed by atoms with E-state index in [4.69, 9.17) is 4.74 Å². The van der Waals surface area contributed by atoms with Crippen LogP contribution in [0.4, 0.5) is 17.1 Å². The number of carbonyl (C=O) groups is 2. The lowest BCUT2D eigenvalue weighted by Gasteiger charge is -2.34. The van der Waals surface area contributed by atoms with E-state index in [1.807, 2.05) is 98.0 Å². The summed E-state index contributed by atoms with van der Waals surface area (Å²) < 4.78 is 8.65. The van der Waals surface area contributed by atoms with Gasteiger partial charge in [-0.3, -0.25) is 19.2 Å². The minimum absolute atomic E-state index is 0.00524. The molecule has 0 bridgehead atoms. The van der Waals surface area contributed by atoms with Crippen molar-refractivity contribution in [1.29, 1.82) is 0 Å². The van der Waals surface area contributed by atoms with Gasteiger partial charge in [-0.1, -0.05) is 66.7 Å². The summed E-state index contributed by atoms with van der Waals surface area (Å²) in [6, 6.07) is 27.3. The normalized spacial score (nSPS) is 23.0. The van der Waals surface area contributed by atoms with Crippen LogP contribution in [0.1, 0.15) is 54.4 Å². The highest BCUT2D eigenvalue weighted by molar-refractivity contribution is 6.27. The van der Waals surface area contributed by atoms with Gasteiger partial charge in [-0.15, -0.1) is 5.10 Å². The van der Waals surface area contributed by atoms with Crippen molar-refractivity contribution in [2.75, 3.05) is 16.4 Å². The van der Waals surface area contributed by atoms with E-state index in [0.29, 0.717) is 30.6 Å². The zero-order valence-electron chi connectivity index (χ0n) is 27.8. The highest BCUT2D eigenvalue weighted by Crippen LogP contribution is 2.58. The van der Waals surface area contributed by atoms with Crippen LogP contribution >= 0.6 is 0 Å². The molecule has 1 fully saturated rings. The number of aliphatic hydroxyl groups is 2. The van der Waals surface area contributed by atoms with Crippen molar-refractivity contribution in [3.8, 4) is 0 Å². The zero-order chi connectivity index (χ0) is 34.1. The van der Waals surface area contributed by atoms with Gasteiger partial charge in [-0.2, -0.15) is 0 Å². The molecule has 1 aromatic heterocycles. The van der Waals surface area contributed by atoms with Crippen LogP contribution in [0.25, 0.3) is 10.8 Å². The van der Waals surface area contributed by atoms with E-state index in [0.717, 1.165) is 39.0 Å². The summed E-state index contributed by atoms with van der Waals surface area (Å²) in [5, 5.41) is 31.1. The standard InChI is InChI=1S/C39H39N5O5/c1-24-35(38(2,3)48)33(17-19-42-23-27(18-20-45)40-41-42)49-39(24)30-14-4-5-15-31(30)43(37(39)47)22-25-9-6-12-28(21-25)44-32-16-8-11-26-10-7-13-29(34(26)32)36(44)46/h4-16,21,23-24,33,35,45,48H,17-20,22H2,1-3H3/t24-,33+,35-,39+/m0/s1. The Bertz CT molecular complexity index is 2100. The van der Waals surface area contributed by atoms with Crippen LogP contribution in [0.15, 0.2) is 91.1 Å². The summed E-state index contributed by atoms with van der Waals surface area (Å²) in [6.45, 7) is 6.34. The third-order valence-corrected chi connectivity index (χ3v) is 10.6. The Balaban J connectivity index is 1.11. The number of hydrogen-bond acceptors (Lipinski definition) is 7. The molecule has 49 heavy (non-hydrogen) atoms. The summed E-state index contributed by atoms with van der Waals surface area (Å²) in [6.07, 6.45) is 2.31. The molecule has 10 nitrogen and oxygen atoms in total. The fourth-order valence-electron chi connectivity index (χ4n) is 8.54. The van der Waals surface area contributed by atoms with Gasteiger partial charge < -0.3 is 19.8 Å². The molecule has 5 aromatic rings. The van der Waals surface area contributed by atoms with Crippen LogP contribution in [0.3, 0.4) is 0 Å². The lowest BCUT2D eigenvalue weighted by molar-refractivity contribution is -0.146. The molecule has 4 aromatic carbocycles. The number of anilines is 3. The van der Waals surface area contributed by atoms with E-state index < -0.39 is 17.3 Å². The maximum atomic E-state index is 14.8. The first kappa shape index (κ1) is 31.4. The number of benzene rings is 4. The molecule has 3 aliphatic heterocycles. The molecule has 4 atom stereocenters. The molecule has 3 aliphatic rings. The van der Waals surface area contributed by atoms with E-state index in [1.54, 1.807) is 28.3 Å². The summed E-state index contributed by atoms with van der Waals surface area (Å²) in [7, 11) is 0. The Morgan fingerprint density at radius 1 is 0.959 bits per heavy atom. The van der Waals surface area contributed by atoms with Crippen molar-refractivity contribution in [3.05, 3.63) is 114 Å². The predicted octanol–water partition coefficient (Wildman–Crippen LogP) is 5.51. The van der Waals surface area contributed by atoms with Gasteiger partial charge in [0.2, 0.25) is 0 Å². The molecule has 4 heterocycles. The first-order chi connectivity index (χ1) is 23.6. The first-order valence-corrected chi connectivity index (χ1v) is 16.9. The van der Waals surface area contributed by atoms with Crippen molar-refractivity contribution < 1.29 is 24.5 Å². The Kier molecular flexibility index (Phi) is 7.44. The maximum absolute atomic E-state index is 14.8. The molecular formula is C39H39N5O5. The van der Waals surface area contributed by atoms with Crippen LogP contribution in [-0.4, -0.2) is 55.3 Å². The molecule has 1 saturated heterocycles. The number of carbonyl (C=O) groups excluding carboxylic acids is 2. The number of fused-ring (bicyclic) bond motifs is 2. The third-order valence-electron chi connectivity index (χ3n) is 10.6. The molecule has 0 unspecified atom stereocenters. The molecule has 10 heteroatoms. The number of aryl methyl sites for hydroxylation is 1. The van der Waals surface area contributed by atoms with Gasteiger partial charge in [0.25, 0.3) is 11.8 Å². The molecule has 0 radical (unpaired) electrons. The zero-order valence-corrected chi connectivity index (χ0v) is 27.8. The van der Waals surface area contributed by atoms with E-state index >= 15 is 0 Å². The quantitative estimate of drug-likeness (QED) is 0.214. The second-order valence-corrected chi connectivity index (χ2v) is 14.0. The van der Waals surface area contributed by atoms with Crippen LogP contribution in [0, 0.1) is 11.8 Å². The third kappa shape index (κ3) is 4.88. The second kappa shape index (κ2) is 11.6. The molecule has 8 rings (SSSR count). The number of amides is 2. The molecule has 1 spiro atoms. The van der Waals surface area contributed by atoms with Gasteiger partial charge in [0, 0.05) is 54.2 Å². The number of para-hydroxylation sites is 1.